The van der Waals surface area contributed by atoms with E-state index < -0.39 is 0 Å². The van der Waals surface area contributed by atoms with Crippen LogP contribution >= 0.6 is 11.6 Å². The van der Waals surface area contributed by atoms with Crippen molar-refractivity contribution in [3.63, 3.8) is 0 Å². The first-order valence-corrected chi connectivity index (χ1v) is 2.83. The van der Waals surface area contributed by atoms with Gasteiger partial charge in [0.15, 0.2) is 5.15 Å². The second-order valence-corrected chi connectivity index (χ2v) is 2.12. The van der Waals surface area contributed by atoms with Crippen molar-refractivity contribution in [2.75, 3.05) is 5.73 Å². The molecule has 4 N–H and O–H groups in total. The molecule has 0 saturated carbocycles. The smallest absolute Gasteiger partial charge is 0.152 e. The lowest BCUT2D eigenvalue weighted by Gasteiger charge is -1.94. The monoisotopic (exact) mass is 161 g/mol. The van der Waals surface area contributed by atoms with Crippen LogP contribution in [0.5, 0.6) is 0 Å². The molecule has 1 aromatic heterocycles. The Kier molecular flexibility index (Phi) is 3.05. The molecular formula is C5H8ClN3O. The highest BCUT2D eigenvalue weighted by Crippen LogP contribution is 2.09. The maximum Gasteiger partial charge on any atom is 0.152 e. The van der Waals surface area contributed by atoms with Gasteiger partial charge in [-0.05, 0) is 18.6 Å². The summed E-state index contributed by atoms with van der Waals surface area (Å²) in [5.41, 5.74) is 6.21. The van der Waals surface area contributed by atoms with Gasteiger partial charge in [0.2, 0.25) is 0 Å². The van der Waals surface area contributed by atoms with E-state index in [1.807, 2.05) is 6.92 Å². The highest BCUT2D eigenvalue weighted by atomic mass is 35.5. The van der Waals surface area contributed by atoms with Gasteiger partial charge in [-0.1, -0.05) is 11.6 Å². The molecule has 0 aliphatic heterocycles. The molecule has 0 aliphatic rings. The van der Waals surface area contributed by atoms with E-state index in [4.69, 9.17) is 17.3 Å². The average molecular weight is 162 g/mol. The first kappa shape index (κ1) is 9.13. The summed E-state index contributed by atoms with van der Waals surface area (Å²) in [5, 5.41) is 7.48. The van der Waals surface area contributed by atoms with E-state index in [1.54, 1.807) is 6.07 Å². The summed E-state index contributed by atoms with van der Waals surface area (Å²) in [6, 6.07) is 1.67. The zero-order valence-electron chi connectivity index (χ0n) is 5.43. The van der Waals surface area contributed by atoms with Crippen molar-refractivity contribution in [1.29, 1.82) is 0 Å². The lowest BCUT2D eigenvalue weighted by atomic mass is 10.3. The first-order valence-electron chi connectivity index (χ1n) is 2.45. The topological polar surface area (TPSA) is 83.3 Å². The van der Waals surface area contributed by atoms with E-state index in [1.165, 1.54) is 0 Å². The normalized spacial score (nSPS) is 8.60. The predicted molar refractivity (Wildman–Crippen MR) is 39.8 cm³/mol. The van der Waals surface area contributed by atoms with Crippen molar-refractivity contribution in [2.45, 2.75) is 6.92 Å². The van der Waals surface area contributed by atoms with E-state index in [2.05, 4.69) is 10.2 Å². The van der Waals surface area contributed by atoms with Crippen LogP contribution in [0.2, 0.25) is 5.15 Å². The summed E-state index contributed by atoms with van der Waals surface area (Å²) in [6.45, 7) is 1.83. The van der Waals surface area contributed by atoms with Crippen LogP contribution in [0.4, 0.5) is 5.82 Å². The second kappa shape index (κ2) is 3.34. The van der Waals surface area contributed by atoms with Gasteiger partial charge >= 0.3 is 0 Å². The van der Waals surface area contributed by atoms with Gasteiger partial charge in [0.05, 0.1) is 0 Å². The molecule has 4 nitrogen and oxygen atoms in total. The Morgan fingerprint density at radius 2 is 2.10 bits per heavy atom. The molecular weight excluding hydrogens is 154 g/mol. The maximum atomic E-state index is 5.49. The van der Waals surface area contributed by atoms with E-state index in [9.17, 15) is 0 Å². The van der Waals surface area contributed by atoms with Gasteiger partial charge in [-0.3, -0.25) is 0 Å². The fourth-order valence-electron chi connectivity index (χ4n) is 0.462. The minimum atomic E-state index is 0. The number of nitrogen functional groups attached to an aromatic ring is 1. The molecule has 10 heavy (non-hydrogen) atoms. The number of aryl methyl sites for hydroxylation is 1. The number of hydrogen-bond acceptors (Lipinski definition) is 3. The Morgan fingerprint density at radius 3 is 2.50 bits per heavy atom. The number of nitrogens with zero attached hydrogens (tertiary/aromatic N) is 2. The first-order chi connectivity index (χ1) is 4.20. The van der Waals surface area contributed by atoms with E-state index in [0.717, 1.165) is 5.56 Å². The van der Waals surface area contributed by atoms with Crippen molar-refractivity contribution in [1.82, 2.24) is 10.2 Å². The van der Waals surface area contributed by atoms with Gasteiger partial charge < -0.3 is 11.2 Å². The second-order valence-electron chi connectivity index (χ2n) is 1.74. The van der Waals surface area contributed by atoms with Crippen LogP contribution < -0.4 is 5.73 Å². The molecule has 1 aromatic rings. The number of aromatic nitrogens is 2. The number of anilines is 1. The third-order valence-electron chi connectivity index (χ3n) is 0.993. The molecule has 1 rings (SSSR count). The Morgan fingerprint density at radius 1 is 1.50 bits per heavy atom. The van der Waals surface area contributed by atoms with Gasteiger partial charge in [-0.2, -0.15) is 0 Å². The minimum Gasteiger partial charge on any atom is -0.412 e. The zero-order valence-corrected chi connectivity index (χ0v) is 6.18. The molecule has 0 spiro atoms. The number of nitrogens with two attached hydrogens (primary N) is 1. The molecule has 0 unspecified atom stereocenters. The summed E-state index contributed by atoms with van der Waals surface area (Å²) >= 11 is 5.49. The summed E-state index contributed by atoms with van der Waals surface area (Å²) in [4.78, 5) is 0. The Labute approximate surface area is 63.3 Å². The van der Waals surface area contributed by atoms with Crippen LogP contribution in [0.1, 0.15) is 5.56 Å². The molecule has 0 atom stereocenters. The molecule has 5 heteroatoms. The quantitative estimate of drug-likeness (QED) is 0.590. The van der Waals surface area contributed by atoms with Crippen LogP contribution in [-0.2, 0) is 0 Å². The molecule has 0 saturated heterocycles. The minimum absolute atomic E-state index is 0. The highest BCUT2D eigenvalue weighted by Gasteiger charge is 1.94. The maximum absolute atomic E-state index is 5.49. The molecule has 56 valence electrons. The fraction of sp³-hybridized carbons (Fsp3) is 0.200. The lowest BCUT2D eigenvalue weighted by molar-refractivity contribution is 0.824. The van der Waals surface area contributed by atoms with E-state index in [0.29, 0.717) is 11.0 Å². The molecule has 0 aliphatic carbocycles. The number of hydrogen-bond donors (Lipinski definition) is 1. The Balaban J connectivity index is 0.000000810. The van der Waals surface area contributed by atoms with Crippen LogP contribution in [0.3, 0.4) is 0 Å². The number of rotatable bonds is 0. The van der Waals surface area contributed by atoms with Crippen molar-refractivity contribution in [2.24, 2.45) is 0 Å². The summed E-state index contributed by atoms with van der Waals surface area (Å²) in [7, 11) is 0. The van der Waals surface area contributed by atoms with Gasteiger partial charge in [0.25, 0.3) is 0 Å². The molecule has 0 amide bonds. The largest absolute Gasteiger partial charge is 0.412 e. The lowest BCUT2D eigenvalue weighted by Crippen LogP contribution is -1.95. The highest BCUT2D eigenvalue weighted by molar-refractivity contribution is 6.29. The van der Waals surface area contributed by atoms with Crippen LogP contribution in [-0.4, -0.2) is 15.7 Å². The van der Waals surface area contributed by atoms with Crippen LogP contribution in [0.25, 0.3) is 0 Å². The van der Waals surface area contributed by atoms with Gasteiger partial charge in [-0.25, -0.2) is 0 Å². The standard InChI is InChI=1S/C5H6ClN3.H2O/c1-3-2-4(6)8-9-5(3)7;/h2H,1H3,(H2,7,9);1H2. The van der Waals surface area contributed by atoms with E-state index in [-0.39, 0.29) is 5.48 Å². The summed E-state index contributed by atoms with van der Waals surface area (Å²) in [5.74, 6) is 0.430. The van der Waals surface area contributed by atoms with Crippen molar-refractivity contribution in [3.8, 4) is 0 Å². The zero-order chi connectivity index (χ0) is 6.85. The van der Waals surface area contributed by atoms with Gasteiger partial charge in [0, 0.05) is 0 Å². The molecule has 0 aromatic carbocycles. The third-order valence-corrected chi connectivity index (χ3v) is 1.18. The van der Waals surface area contributed by atoms with Crippen molar-refractivity contribution >= 4 is 17.4 Å². The van der Waals surface area contributed by atoms with E-state index >= 15 is 0 Å². The molecule has 0 bridgehead atoms. The van der Waals surface area contributed by atoms with Crippen molar-refractivity contribution in [3.05, 3.63) is 16.8 Å². The van der Waals surface area contributed by atoms with Crippen LogP contribution in [0, 0.1) is 6.92 Å². The average Bonchev–Trinajstić information content (AvgIpc) is 1.80. The Bertz CT molecular complexity index is 228. The van der Waals surface area contributed by atoms with Gasteiger partial charge in [0.1, 0.15) is 5.82 Å². The molecule has 0 fully saturated rings. The fourth-order valence-corrected chi connectivity index (χ4v) is 0.663. The number of halogens is 1. The van der Waals surface area contributed by atoms with Crippen LogP contribution in [0.15, 0.2) is 6.07 Å². The molecule has 1 heterocycles. The predicted octanol–water partition coefficient (Wildman–Crippen LogP) is 0.196. The third kappa shape index (κ3) is 1.82. The SMILES string of the molecule is Cc1cc(Cl)nnc1N.O. The summed E-state index contributed by atoms with van der Waals surface area (Å²) in [6.07, 6.45) is 0. The Hall–Kier alpha value is -0.870. The summed E-state index contributed by atoms with van der Waals surface area (Å²) < 4.78 is 0. The van der Waals surface area contributed by atoms with Crippen molar-refractivity contribution < 1.29 is 5.48 Å². The van der Waals surface area contributed by atoms with Gasteiger partial charge in [-0.15, -0.1) is 10.2 Å². The molecule has 0 radical (unpaired) electrons.